The summed E-state index contributed by atoms with van der Waals surface area (Å²) in [6.45, 7) is 3.43. The number of oxime groups is 1. The fourth-order valence-corrected chi connectivity index (χ4v) is 2.50. The van der Waals surface area contributed by atoms with E-state index >= 15 is 0 Å². The van der Waals surface area contributed by atoms with E-state index in [4.69, 9.17) is 10.5 Å². The number of nitrogens with zero attached hydrogens (tertiary/aromatic N) is 3. The minimum Gasteiger partial charge on any atom is -0.450 e. The molecule has 1 heterocycles. The molecule has 0 aliphatic heterocycles. The van der Waals surface area contributed by atoms with Gasteiger partial charge in [-0.15, -0.1) is 0 Å². The van der Waals surface area contributed by atoms with Crippen molar-refractivity contribution >= 4 is 34.8 Å². The Morgan fingerprint density at radius 3 is 2.68 bits per heavy atom. The summed E-state index contributed by atoms with van der Waals surface area (Å²) in [7, 11) is 0. The third kappa shape index (κ3) is 4.84. The number of anilines is 3. The molecule has 1 aromatic carbocycles. The molecule has 2 rings (SSSR count). The second kappa shape index (κ2) is 9.16. The molecule has 0 saturated heterocycles. The van der Waals surface area contributed by atoms with Crippen molar-refractivity contribution in [2.75, 3.05) is 23.0 Å². The van der Waals surface area contributed by atoms with Crippen LogP contribution in [0.15, 0.2) is 41.6 Å². The summed E-state index contributed by atoms with van der Waals surface area (Å²) in [5, 5.41) is 29.3. The zero-order valence-electron chi connectivity index (χ0n) is 15.2. The van der Waals surface area contributed by atoms with Crippen molar-refractivity contribution < 1.29 is 19.7 Å². The Bertz CT molecular complexity index is 887. The molecule has 5 N–H and O–H groups in total. The summed E-state index contributed by atoms with van der Waals surface area (Å²) in [5.41, 5.74) is 6.11. The van der Waals surface area contributed by atoms with Gasteiger partial charge < -0.3 is 21.0 Å². The topological polar surface area (TPSA) is 165 Å². The van der Waals surface area contributed by atoms with Gasteiger partial charge in [-0.1, -0.05) is 35.5 Å². The highest BCUT2D eigenvalue weighted by atomic mass is 16.6. The summed E-state index contributed by atoms with van der Waals surface area (Å²) < 4.78 is 4.76. The van der Waals surface area contributed by atoms with Gasteiger partial charge in [0.25, 0.3) is 0 Å². The van der Waals surface area contributed by atoms with Crippen LogP contribution in [0.4, 0.5) is 27.8 Å². The minimum absolute atomic E-state index is 0.00567. The molecule has 0 unspecified atom stereocenters. The quantitative estimate of drug-likeness (QED) is 0.243. The Kier molecular flexibility index (Phi) is 6.68. The average Bonchev–Trinajstić information content (AvgIpc) is 2.62. The summed E-state index contributed by atoms with van der Waals surface area (Å²) in [5.74, 6) is -0.422. The molecule has 1 aromatic heterocycles. The van der Waals surface area contributed by atoms with Crippen molar-refractivity contribution in [3.63, 3.8) is 0 Å². The summed E-state index contributed by atoms with van der Waals surface area (Å²) in [6, 6.07) is 9.42. The fourth-order valence-electron chi connectivity index (χ4n) is 2.50. The molecule has 1 atom stereocenters. The van der Waals surface area contributed by atoms with Crippen LogP contribution >= 0.6 is 0 Å². The average molecular weight is 388 g/mol. The van der Waals surface area contributed by atoms with Gasteiger partial charge in [-0.25, -0.2) is 9.78 Å². The van der Waals surface area contributed by atoms with Crippen LogP contribution in [0.1, 0.15) is 19.4 Å². The van der Waals surface area contributed by atoms with Crippen molar-refractivity contribution in [2.45, 2.75) is 19.9 Å². The van der Waals surface area contributed by atoms with Crippen LogP contribution in [-0.2, 0) is 4.74 Å². The number of pyridine rings is 1. The Morgan fingerprint density at radius 2 is 2.11 bits per heavy atom. The summed E-state index contributed by atoms with van der Waals surface area (Å²) in [6.07, 6.45) is -0.774. The molecule has 148 valence electrons. The number of amides is 1. The molecule has 0 aliphatic carbocycles. The van der Waals surface area contributed by atoms with Gasteiger partial charge in [0.1, 0.15) is 17.2 Å². The third-order valence-electron chi connectivity index (χ3n) is 3.67. The van der Waals surface area contributed by atoms with E-state index in [0.717, 1.165) is 0 Å². The number of hydrogen-bond donors (Lipinski definition) is 4. The van der Waals surface area contributed by atoms with Crippen LogP contribution in [0.25, 0.3) is 0 Å². The van der Waals surface area contributed by atoms with E-state index in [2.05, 4.69) is 20.8 Å². The van der Waals surface area contributed by atoms with E-state index < -0.39 is 28.6 Å². The summed E-state index contributed by atoms with van der Waals surface area (Å²) >= 11 is 0. The maximum absolute atomic E-state index is 11.6. The number of benzene rings is 1. The van der Waals surface area contributed by atoms with Gasteiger partial charge in [-0.3, -0.25) is 15.4 Å². The highest BCUT2D eigenvalue weighted by molar-refractivity contribution is 6.05. The largest absolute Gasteiger partial charge is 0.450 e. The van der Waals surface area contributed by atoms with E-state index in [1.807, 2.05) is 0 Å². The Labute approximate surface area is 160 Å². The first kappa shape index (κ1) is 20.4. The highest BCUT2D eigenvalue weighted by Gasteiger charge is 2.25. The first-order valence-corrected chi connectivity index (χ1v) is 8.30. The number of nitrogens with two attached hydrogens (primary N) is 1. The first-order chi connectivity index (χ1) is 13.4. The number of rotatable bonds is 7. The number of aromatic nitrogens is 1. The van der Waals surface area contributed by atoms with Crippen molar-refractivity contribution in [1.82, 2.24) is 4.98 Å². The van der Waals surface area contributed by atoms with Gasteiger partial charge in [0.05, 0.1) is 17.6 Å². The Balaban J connectivity index is 2.37. The molecule has 0 radical (unpaired) electrons. The van der Waals surface area contributed by atoms with E-state index in [1.54, 1.807) is 44.2 Å². The molecule has 2 aromatic rings. The summed E-state index contributed by atoms with van der Waals surface area (Å²) in [4.78, 5) is 26.1. The van der Waals surface area contributed by atoms with Crippen molar-refractivity contribution in [3.8, 4) is 0 Å². The monoisotopic (exact) mass is 388 g/mol. The lowest BCUT2D eigenvalue weighted by Gasteiger charge is -2.18. The van der Waals surface area contributed by atoms with Crippen LogP contribution < -0.4 is 16.4 Å². The lowest BCUT2D eigenvalue weighted by atomic mass is 10.0. The number of nitro groups is 1. The molecule has 0 saturated carbocycles. The van der Waals surface area contributed by atoms with Gasteiger partial charge in [0.15, 0.2) is 0 Å². The first-order valence-electron chi connectivity index (χ1n) is 8.30. The zero-order chi connectivity index (χ0) is 20.7. The molecular formula is C17H20N6O5. The molecular weight excluding hydrogens is 368 g/mol. The normalized spacial score (nSPS) is 12.1. The van der Waals surface area contributed by atoms with Crippen LogP contribution in [0.3, 0.4) is 0 Å². The van der Waals surface area contributed by atoms with Gasteiger partial charge in [-0.2, -0.15) is 0 Å². The molecule has 11 nitrogen and oxygen atoms in total. The van der Waals surface area contributed by atoms with E-state index in [1.165, 1.54) is 6.07 Å². The van der Waals surface area contributed by atoms with Crippen molar-refractivity contribution in [2.24, 2.45) is 5.16 Å². The fraction of sp³-hybridized carbons (Fsp3) is 0.235. The maximum atomic E-state index is 11.6. The van der Waals surface area contributed by atoms with Gasteiger partial charge >= 0.3 is 11.8 Å². The molecule has 28 heavy (non-hydrogen) atoms. The number of nitrogens with one attached hydrogen (secondary N) is 2. The van der Waals surface area contributed by atoms with E-state index in [9.17, 15) is 20.1 Å². The van der Waals surface area contributed by atoms with Gasteiger partial charge in [-0.05, 0) is 13.8 Å². The SMILES string of the molecule is CCOC(=O)Nc1cc(N[C@@H](C)/C(=N/O)c2ccccc2)c([N+](=O)[O-])c(N)n1. The number of carbonyl (C=O) groups excluding carboxylic acids is 1. The third-order valence-corrected chi connectivity index (χ3v) is 3.67. The van der Waals surface area contributed by atoms with Crippen LogP contribution in [0.5, 0.6) is 0 Å². The Morgan fingerprint density at radius 1 is 1.43 bits per heavy atom. The second-order valence-corrected chi connectivity index (χ2v) is 5.61. The zero-order valence-corrected chi connectivity index (χ0v) is 15.2. The molecule has 0 aliphatic rings. The molecule has 11 heteroatoms. The number of carbonyl (C=O) groups is 1. The molecule has 0 fully saturated rings. The minimum atomic E-state index is -0.774. The lowest BCUT2D eigenvalue weighted by Crippen LogP contribution is -2.28. The van der Waals surface area contributed by atoms with E-state index in [-0.39, 0.29) is 23.8 Å². The van der Waals surface area contributed by atoms with Crippen molar-refractivity contribution in [3.05, 3.63) is 52.1 Å². The number of ether oxygens (including phenoxy) is 1. The van der Waals surface area contributed by atoms with Gasteiger partial charge in [0, 0.05) is 11.6 Å². The standard InChI is InChI=1S/C17H20N6O5/c1-3-28-17(24)21-13-9-12(15(23(26)27)16(18)20-13)19-10(2)14(22-25)11-7-5-4-6-8-11/h4-10,25H,3H2,1-2H3,(H4,18,19,20,21,24)/b22-14-/t10-/m0/s1. The lowest BCUT2D eigenvalue weighted by molar-refractivity contribution is -0.383. The molecule has 0 bridgehead atoms. The molecule has 0 spiro atoms. The maximum Gasteiger partial charge on any atom is 0.412 e. The predicted octanol–water partition coefficient (Wildman–Crippen LogP) is 2.82. The van der Waals surface area contributed by atoms with Crippen LogP contribution in [0.2, 0.25) is 0 Å². The highest BCUT2D eigenvalue weighted by Crippen LogP contribution is 2.32. The Hall–Kier alpha value is -3.89. The predicted molar refractivity (Wildman–Crippen MR) is 104 cm³/mol. The molecule has 1 amide bonds. The van der Waals surface area contributed by atoms with Gasteiger partial charge in [0.2, 0.25) is 5.82 Å². The van der Waals surface area contributed by atoms with Crippen LogP contribution in [-0.4, -0.2) is 39.6 Å². The van der Waals surface area contributed by atoms with Crippen molar-refractivity contribution in [1.29, 1.82) is 0 Å². The number of nitrogen functional groups attached to an aromatic ring is 1. The van der Waals surface area contributed by atoms with E-state index in [0.29, 0.717) is 5.56 Å². The van der Waals surface area contributed by atoms with Crippen LogP contribution in [0, 0.1) is 10.1 Å². The smallest absolute Gasteiger partial charge is 0.412 e. The number of hydrogen-bond acceptors (Lipinski definition) is 9. The second-order valence-electron chi connectivity index (χ2n) is 5.61.